The van der Waals surface area contributed by atoms with Crippen LogP contribution in [-0.4, -0.2) is 57.9 Å². The lowest BCUT2D eigenvalue weighted by molar-refractivity contribution is 0.0626. The van der Waals surface area contributed by atoms with Crippen LogP contribution in [0.5, 0.6) is 0 Å². The van der Waals surface area contributed by atoms with Crippen LogP contribution in [0.3, 0.4) is 0 Å². The fourth-order valence-corrected chi connectivity index (χ4v) is 1.63. The minimum atomic E-state index is -0.978. The van der Waals surface area contributed by atoms with Gasteiger partial charge in [0.1, 0.15) is 0 Å². The lowest BCUT2D eigenvalue weighted by Crippen LogP contribution is -2.55. The van der Waals surface area contributed by atoms with Crippen molar-refractivity contribution in [3.05, 3.63) is 0 Å². The van der Waals surface area contributed by atoms with Gasteiger partial charge in [0.2, 0.25) is 0 Å². The highest BCUT2D eigenvalue weighted by Crippen LogP contribution is 2.12. The van der Waals surface area contributed by atoms with Gasteiger partial charge in [0.25, 0.3) is 0 Å². The largest absolute Gasteiger partial charge is 0.465 e. The molecule has 0 aromatic heterocycles. The summed E-state index contributed by atoms with van der Waals surface area (Å²) in [5.41, 5.74) is 0. The number of carbonyl (C=O) groups is 2. The fraction of sp³-hybridized carbons (Fsp3) is 0.750. The van der Waals surface area contributed by atoms with Crippen LogP contribution >= 0.6 is 0 Å². The Morgan fingerprint density at radius 2 is 1.93 bits per heavy atom. The maximum Gasteiger partial charge on any atom is 0.407 e. The van der Waals surface area contributed by atoms with Crippen molar-refractivity contribution < 1.29 is 19.8 Å². The van der Waals surface area contributed by atoms with Crippen LogP contribution in [0.1, 0.15) is 13.3 Å². The molecule has 2 N–H and O–H groups in total. The number of hydrogen-bond acceptors (Lipinski definition) is 2. The van der Waals surface area contributed by atoms with Crippen LogP contribution in [0.15, 0.2) is 0 Å². The van der Waals surface area contributed by atoms with E-state index < -0.39 is 12.2 Å². The molecule has 0 spiro atoms. The number of amides is 2. The monoisotopic (exact) mass is 202 g/mol. The number of carboxylic acid groups (broad SMARTS) is 2. The summed E-state index contributed by atoms with van der Waals surface area (Å²) in [6.07, 6.45) is -1.31. The zero-order valence-electron chi connectivity index (χ0n) is 8.01. The number of piperazine rings is 1. The molecular weight excluding hydrogens is 188 g/mol. The Hall–Kier alpha value is -1.46. The Bertz CT molecular complexity index is 243. The van der Waals surface area contributed by atoms with Gasteiger partial charge in [0.15, 0.2) is 0 Å². The summed E-state index contributed by atoms with van der Waals surface area (Å²) >= 11 is 0. The molecule has 0 bridgehead atoms. The lowest BCUT2D eigenvalue weighted by atomic mass is 10.1. The van der Waals surface area contributed by atoms with E-state index in [0.717, 1.165) is 0 Å². The zero-order chi connectivity index (χ0) is 10.7. The highest BCUT2D eigenvalue weighted by atomic mass is 16.4. The summed E-state index contributed by atoms with van der Waals surface area (Å²) in [6.45, 7) is 2.66. The predicted molar refractivity (Wildman–Crippen MR) is 48.4 cm³/mol. The molecule has 1 fully saturated rings. The third kappa shape index (κ3) is 2.07. The van der Waals surface area contributed by atoms with Gasteiger partial charge in [-0.3, -0.25) is 0 Å². The van der Waals surface area contributed by atoms with Gasteiger partial charge in [-0.1, -0.05) is 6.92 Å². The van der Waals surface area contributed by atoms with Gasteiger partial charge in [0, 0.05) is 19.6 Å². The molecule has 1 atom stereocenters. The molecule has 1 aliphatic heterocycles. The van der Waals surface area contributed by atoms with Crippen LogP contribution in [0.2, 0.25) is 0 Å². The van der Waals surface area contributed by atoms with E-state index in [2.05, 4.69) is 0 Å². The normalized spacial score (nSPS) is 22.2. The van der Waals surface area contributed by atoms with E-state index in [-0.39, 0.29) is 25.7 Å². The zero-order valence-corrected chi connectivity index (χ0v) is 8.01. The summed E-state index contributed by atoms with van der Waals surface area (Å²) in [5, 5.41) is 17.6. The summed E-state index contributed by atoms with van der Waals surface area (Å²) in [4.78, 5) is 24.0. The van der Waals surface area contributed by atoms with Crippen LogP contribution in [0.25, 0.3) is 0 Å². The minimum absolute atomic E-state index is 0.211. The minimum Gasteiger partial charge on any atom is -0.465 e. The quantitative estimate of drug-likeness (QED) is 0.657. The van der Waals surface area contributed by atoms with Crippen molar-refractivity contribution >= 4 is 12.2 Å². The first kappa shape index (κ1) is 10.6. The SMILES string of the molecule is CC[C@@H]1CN(C(=O)O)CCN1C(=O)O. The van der Waals surface area contributed by atoms with Crippen molar-refractivity contribution in [3.63, 3.8) is 0 Å². The first-order valence-corrected chi connectivity index (χ1v) is 4.53. The highest BCUT2D eigenvalue weighted by Gasteiger charge is 2.30. The highest BCUT2D eigenvalue weighted by molar-refractivity contribution is 5.68. The standard InChI is InChI=1S/C8H14N2O4/c1-2-6-5-9(7(11)12)3-4-10(6)8(13)14/h6H,2-5H2,1H3,(H,11,12)(H,13,14)/t6-/m1/s1. The van der Waals surface area contributed by atoms with Crippen LogP contribution in [0, 0.1) is 0 Å². The Balaban J connectivity index is 2.63. The summed E-state index contributed by atoms with van der Waals surface area (Å²) in [5.74, 6) is 0. The topological polar surface area (TPSA) is 81.1 Å². The van der Waals surface area contributed by atoms with Crippen molar-refractivity contribution in [2.45, 2.75) is 19.4 Å². The second kappa shape index (κ2) is 4.17. The molecule has 0 saturated carbocycles. The smallest absolute Gasteiger partial charge is 0.407 e. The van der Waals surface area contributed by atoms with E-state index >= 15 is 0 Å². The van der Waals surface area contributed by atoms with Crippen molar-refractivity contribution in [2.24, 2.45) is 0 Å². The second-order valence-corrected chi connectivity index (χ2v) is 3.27. The Labute approximate surface area is 81.7 Å². The molecule has 6 nitrogen and oxygen atoms in total. The lowest BCUT2D eigenvalue weighted by Gasteiger charge is -2.38. The van der Waals surface area contributed by atoms with Crippen molar-refractivity contribution in [1.29, 1.82) is 0 Å². The predicted octanol–water partition coefficient (Wildman–Crippen LogP) is 0.739. The van der Waals surface area contributed by atoms with Crippen molar-refractivity contribution in [2.75, 3.05) is 19.6 Å². The molecule has 1 saturated heterocycles. The van der Waals surface area contributed by atoms with Crippen LogP contribution in [-0.2, 0) is 0 Å². The molecule has 14 heavy (non-hydrogen) atoms. The molecule has 1 rings (SSSR count). The van der Waals surface area contributed by atoms with E-state index in [1.807, 2.05) is 6.92 Å². The fourth-order valence-electron chi connectivity index (χ4n) is 1.63. The van der Waals surface area contributed by atoms with Gasteiger partial charge >= 0.3 is 12.2 Å². The average Bonchev–Trinajstić information content (AvgIpc) is 2.16. The first-order chi connectivity index (χ1) is 6.56. The van der Waals surface area contributed by atoms with E-state index in [0.29, 0.717) is 6.42 Å². The number of nitrogens with zero attached hydrogens (tertiary/aromatic N) is 2. The van der Waals surface area contributed by atoms with E-state index in [1.54, 1.807) is 0 Å². The average molecular weight is 202 g/mol. The third-order valence-electron chi connectivity index (χ3n) is 2.47. The molecular formula is C8H14N2O4. The van der Waals surface area contributed by atoms with Gasteiger partial charge in [0.05, 0.1) is 6.04 Å². The van der Waals surface area contributed by atoms with Gasteiger partial charge < -0.3 is 20.0 Å². The van der Waals surface area contributed by atoms with Gasteiger partial charge in [-0.2, -0.15) is 0 Å². The molecule has 0 aromatic carbocycles. The summed E-state index contributed by atoms with van der Waals surface area (Å²) in [6, 6.07) is -0.211. The maximum absolute atomic E-state index is 10.8. The molecule has 0 aromatic rings. The number of hydrogen-bond donors (Lipinski definition) is 2. The van der Waals surface area contributed by atoms with E-state index in [4.69, 9.17) is 10.2 Å². The summed E-state index contributed by atoms with van der Waals surface area (Å²) in [7, 11) is 0. The van der Waals surface area contributed by atoms with Crippen molar-refractivity contribution in [3.8, 4) is 0 Å². The molecule has 2 amide bonds. The molecule has 1 aliphatic rings. The van der Waals surface area contributed by atoms with Crippen LogP contribution < -0.4 is 0 Å². The molecule has 1 heterocycles. The second-order valence-electron chi connectivity index (χ2n) is 3.27. The van der Waals surface area contributed by atoms with E-state index in [9.17, 15) is 9.59 Å². The maximum atomic E-state index is 10.8. The van der Waals surface area contributed by atoms with Crippen LogP contribution in [0.4, 0.5) is 9.59 Å². The molecule has 6 heteroatoms. The summed E-state index contributed by atoms with van der Waals surface area (Å²) < 4.78 is 0. The molecule has 0 unspecified atom stereocenters. The van der Waals surface area contributed by atoms with Gasteiger partial charge in [-0.15, -0.1) is 0 Å². The van der Waals surface area contributed by atoms with Gasteiger partial charge in [-0.05, 0) is 6.42 Å². The van der Waals surface area contributed by atoms with E-state index in [1.165, 1.54) is 9.80 Å². The Morgan fingerprint density at radius 3 is 2.36 bits per heavy atom. The van der Waals surface area contributed by atoms with Gasteiger partial charge in [-0.25, -0.2) is 9.59 Å². The third-order valence-corrected chi connectivity index (χ3v) is 2.47. The number of rotatable bonds is 1. The molecule has 80 valence electrons. The first-order valence-electron chi connectivity index (χ1n) is 4.53. The molecule has 0 radical (unpaired) electrons. The Kier molecular flexibility index (Phi) is 3.16. The molecule has 0 aliphatic carbocycles. The Morgan fingerprint density at radius 1 is 1.29 bits per heavy atom. The van der Waals surface area contributed by atoms with Crippen molar-refractivity contribution in [1.82, 2.24) is 9.80 Å².